The molecule has 0 bridgehead atoms. The van der Waals surface area contributed by atoms with Crippen LogP contribution < -0.4 is 5.32 Å². The molecule has 1 aliphatic rings. The molecule has 5 nitrogen and oxygen atoms in total. The summed E-state index contributed by atoms with van der Waals surface area (Å²) in [6, 6.07) is 7.13. The van der Waals surface area contributed by atoms with Crippen molar-refractivity contribution < 1.29 is 14.0 Å². The van der Waals surface area contributed by atoms with Gasteiger partial charge >= 0.3 is 0 Å². The third-order valence-corrected chi connectivity index (χ3v) is 4.99. The van der Waals surface area contributed by atoms with Gasteiger partial charge in [0, 0.05) is 24.3 Å². The number of nitrogens with zero attached hydrogens (tertiary/aromatic N) is 1. The fourth-order valence-electron chi connectivity index (χ4n) is 3.71. The van der Waals surface area contributed by atoms with Crippen molar-refractivity contribution in [3.05, 3.63) is 53.0 Å². The highest BCUT2D eigenvalue weighted by Crippen LogP contribution is 2.25. The number of hydrogen-bond donors (Lipinski definition) is 1. The largest absolute Gasteiger partial charge is 0.469 e. The number of carbonyl (C=O) groups is 2. The lowest BCUT2D eigenvalue weighted by atomic mass is 9.91. The number of likely N-dealkylation sites (tertiary alicyclic amines) is 1. The highest BCUT2D eigenvalue weighted by Gasteiger charge is 2.26. The van der Waals surface area contributed by atoms with Gasteiger partial charge in [0.25, 0.3) is 11.8 Å². The highest BCUT2D eigenvalue weighted by atomic mass is 16.3. The van der Waals surface area contributed by atoms with Crippen molar-refractivity contribution in [1.29, 1.82) is 0 Å². The maximum Gasteiger partial charge on any atom is 0.259 e. The Kier molecular flexibility index (Phi) is 5.16. The third kappa shape index (κ3) is 3.82. The molecule has 0 saturated carbocycles. The molecule has 1 aromatic carbocycles. The van der Waals surface area contributed by atoms with Crippen LogP contribution in [0.1, 0.15) is 52.3 Å². The average Bonchev–Trinajstić information content (AvgIpc) is 3.01. The van der Waals surface area contributed by atoms with Crippen molar-refractivity contribution in [1.82, 2.24) is 4.90 Å². The SMILES string of the molecule is Cc1ccc(C(=O)N2CC(C)CC(C)C2)cc1NC(=O)c1ccoc1C. The fraction of sp³-hybridized carbons (Fsp3) is 0.429. The van der Waals surface area contributed by atoms with Crippen LogP contribution in [0.15, 0.2) is 34.9 Å². The summed E-state index contributed by atoms with van der Waals surface area (Å²) in [5.74, 6) is 1.39. The van der Waals surface area contributed by atoms with Gasteiger partial charge in [-0.3, -0.25) is 9.59 Å². The lowest BCUT2D eigenvalue weighted by Crippen LogP contribution is -2.42. The van der Waals surface area contributed by atoms with E-state index >= 15 is 0 Å². The summed E-state index contributed by atoms with van der Waals surface area (Å²) in [4.78, 5) is 27.3. The van der Waals surface area contributed by atoms with Gasteiger partial charge in [0.2, 0.25) is 0 Å². The van der Waals surface area contributed by atoms with Gasteiger partial charge in [0.15, 0.2) is 0 Å². The molecule has 5 heteroatoms. The number of benzene rings is 1. The van der Waals surface area contributed by atoms with Crippen LogP contribution in [0.4, 0.5) is 5.69 Å². The number of piperidine rings is 1. The standard InChI is InChI=1S/C21H26N2O3/c1-13-9-14(2)12-23(11-13)21(25)17-6-5-15(3)19(10-17)22-20(24)18-7-8-26-16(18)4/h5-8,10,13-14H,9,11-12H2,1-4H3,(H,22,24). The lowest BCUT2D eigenvalue weighted by molar-refractivity contribution is 0.0623. The topological polar surface area (TPSA) is 62.6 Å². The number of nitrogens with one attached hydrogen (secondary N) is 1. The normalized spacial score (nSPS) is 20.1. The number of furan rings is 1. The van der Waals surface area contributed by atoms with Gasteiger partial charge in [-0.2, -0.15) is 0 Å². The van der Waals surface area contributed by atoms with Crippen molar-refractivity contribution in [2.24, 2.45) is 11.8 Å². The van der Waals surface area contributed by atoms with Crippen LogP contribution >= 0.6 is 0 Å². The van der Waals surface area contributed by atoms with E-state index in [1.165, 1.54) is 6.26 Å². The fourth-order valence-corrected chi connectivity index (χ4v) is 3.71. The molecule has 2 heterocycles. The minimum absolute atomic E-state index is 0.0263. The number of aryl methyl sites for hydroxylation is 2. The Labute approximate surface area is 154 Å². The van der Waals surface area contributed by atoms with E-state index in [0.717, 1.165) is 25.1 Å². The zero-order chi connectivity index (χ0) is 18.8. The molecule has 138 valence electrons. The maximum atomic E-state index is 12.9. The number of hydrogen-bond acceptors (Lipinski definition) is 3. The predicted octanol–water partition coefficient (Wildman–Crippen LogP) is 4.27. The molecule has 1 fully saturated rings. The van der Waals surface area contributed by atoms with Gasteiger partial charge in [0.1, 0.15) is 5.76 Å². The summed E-state index contributed by atoms with van der Waals surface area (Å²) in [5.41, 5.74) is 2.67. The first-order chi connectivity index (χ1) is 12.3. The van der Waals surface area contributed by atoms with Gasteiger partial charge in [-0.25, -0.2) is 0 Å². The molecular weight excluding hydrogens is 328 g/mol. The quantitative estimate of drug-likeness (QED) is 0.895. The van der Waals surface area contributed by atoms with Gasteiger partial charge < -0.3 is 14.6 Å². The van der Waals surface area contributed by atoms with Crippen molar-refractivity contribution in [3.63, 3.8) is 0 Å². The predicted molar refractivity (Wildman–Crippen MR) is 101 cm³/mol. The third-order valence-electron chi connectivity index (χ3n) is 4.99. The van der Waals surface area contributed by atoms with Crippen LogP contribution in [0.2, 0.25) is 0 Å². The Balaban J connectivity index is 1.80. The Morgan fingerprint density at radius 1 is 1.12 bits per heavy atom. The molecule has 2 amide bonds. The van der Waals surface area contributed by atoms with Crippen molar-refractivity contribution in [2.45, 2.75) is 34.1 Å². The first kappa shape index (κ1) is 18.2. The molecule has 26 heavy (non-hydrogen) atoms. The smallest absolute Gasteiger partial charge is 0.259 e. The molecule has 1 N–H and O–H groups in total. The number of carbonyl (C=O) groups excluding carboxylic acids is 2. The van der Waals surface area contributed by atoms with Crippen LogP contribution in [0.3, 0.4) is 0 Å². The zero-order valence-corrected chi connectivity index (χ0v) is 15.8. The van der Waals surface area contributed by atoms with E-state index < -0.39 is 0 Å². The van der Waals surface area contributed by atoms with Gasteiger partial charge in [-0.05, 0) is 55.9 Å². The summed E-state index contributed by atoms with van der Waals surface area (Å²) < 4.78 is 5.19. The van der Waals surface area contributed by atoms with Gasteiger partial charge in [0.05, 0.1) is 11.8 Å². The molecule has 2 aromatic rings. The molecular formula is C21H26N2O3. The number of amides is 2. The summed E-state index contributed by atoms with van der Waals surface area (Å²) in [5, 5.41) is 2.90. The Hall–Kier alpha value is -2.56. The Morgan fingerprint density at radius 3 is 2.42 bits per heavy atom. The second kappa shape index (κ2) is 7.36. The number of rotatable bonds is 3. The van der Waals surface area contributed by atoms with Crippen LogP contribution in [0, 0.1) is 25.7 Å². The lowest BCUT2D eigenvalue weighted by Gasteiger charge is -2.35. The summed E-state index contributed by atoms with van der Waals surface area (Å²) >= 11 is 0. The van der Waals surface area contributed by atoms with Gasteiger partial charge in [-0.15, -0.1) is 0 Å². The van der Waals surface area contributed by atoms with E-state index in [9.17, 15) is 9.59 Å². The molecule has 1 aliphatic heterocycles. The molecule has 2 atom stereocenters. The minimum atomic E-state index is -0.232. The monoisotopic (exact) mass is 354 g/mol. The van der Waals surface area contributed by atoms with E-state index in [4.69, 9.17) is 4.42 Å². The summed E-state index contributed by atoms with van der Waals surface area (Å²) in [6.07, 6.45) is 2.65. The van der Waals surface area contributed by atoms with E-state index in [-0.39, 0.29) is 11.8 Å². The summed E-state index contributed by atoms with van der Waals surface area (Å²) in [7, 11) is 0. The second-order valence-electron chi connectivity index (χ2n) is 7.53. The van der Waals surface area contributed by atoms with Crippen LogP contribution in [0.25, 0.3) is 0 Å². The maximum absolute atomic E-state index is 12.9. The molecule has 0 aliphatic carbocycles. The molecule has 3 rings (SSSR count). The van der Waals surface area contributed by atoms with E-state index in [1.807, 2.05) is 24.0 Å². The molecule has 0 spiro atoms. The first-order valence-electron chi connectivity index (χ1n) is 9.10. The molecule has 1 aromatic heterocycles. The van der Waals surface area contributed by atoms with Crippen molar-refractivity contribution in [3.8, 4) is 0 Å². The van der Waals surface area contributed by atoms with Crippen molar-refractivity contribution >= 4 is 17.5 Å². The van der Waals surface area contributed by atoms with Gasteiger partial charge in [-0.1, -0.05) is 19.9 Å². The molecule has 1 saturated heterocycles. The zero-order valence-electron chi connectivity index (χ0n) is 15.8. The molecule has 0 radical (unpaired) electrons. The average molecular weight is 354 g/mol. The van der Waals surface area contributed by atoms with Crippen LogP contribution in [-0.4, -0.2) is 29.8 Å². The first-order valence-corrected chi connectivity index (χ1v) is 9.10. The van der Waals surface area contributed by atoms with Crippen LogP contribution in [-0.2, 0) is 0 Å². The second-order valence-corrected chi connectivity index (χ2v) is 7.53. The van der Waals surface area contributed by atoms with E-state index in [2.05, 4.69) is 19.2 Å². The Morgan fingerprint density at radius 2 is 1.81 bits per heavy atom. The minimum Gasteiger partial charge on any atom is -0.469 e. The van der Waals surface area contributed by atoms with Crippen LogP contribution in [0.5, 0.6) is 0 Å². The van der Waals surface area contributed by atoms with E-state index in [0.29, 0.717) is 34.4 Å². The Bertz CT molecular complexity index is 814. The van der Waals surface area contributed by atoms with Crippen molar-refractivity contribution in [2.75, 3.05) is 18.4 Å². The van der Waals surface area contributed by atoms with E-state index in [1.54, 1.807) is 19.1 Å². The molecule has 2 unspecified atom stereocenters. The highest BCUT2D eigenvalue weighted by molar-refractivity contribution is 6.06. The summed E-state index contributed by atoms with van der Waals surface area (Å²) in [6.45, 7) is 9.60. The number of anilines is 1.